The molecule has 1 heterocycles. The predicted molar refractivity (Wildman–Crippen MR) is 123 cm³/mol. The Morgan fingerprint density at radius 2 is 1.91 bits per heavy atom. The van der Waals surface area contributed by atoms with E-state index in [1.165, 1.54) is 30.0 Å². The molecule has 0 fully saturated rings. The Labute approximate surface area is 190 Å². The fourth-order valence-electron chi connectivity index (χ4n) is 3.04. The number of amides is 2. The fourth-order valence-corrected chi connectivity index (χ4v) is 3.80. The highest BCUT2D eigenvalue weighted by Gasteiger charge is 2.21. The minimum absolute atomic E-state index is 0.0448. The first-order valence-electron chi connectivity index (χ1n) is 9.98. The van der Waals surface area contributed by atoms with E-state index in [1.807, 2.05) is 31.2 Å². The van der Waals surface area contributed by atoms with Crippen LogP contribution in [0.5, 0.6) is 0 Å². The minimum atomic E-state index is -0.597. The molecule has 0 saturated carbocycles. The Balaban J connectivity index is 1.68. The van der Waals surface area contributed by atoms with Gasteiger partial charge in [0, 0.05) is 12.2 Å². The van der Waals surface area contributed by atoms with Gasteiger partial charge in [-0.1, -0.05) is 48.2 Å². The van der Waals surface area contributed by atoms with Crippen molar-refractivity contribution in [1.82, 2.24) is 20.1 Å². The molecule has 2 aromatic carbocycles. The summed E-state index contributed by atoms with van der Waals surface area (Å²) >= 11 is 1.23. The number of halogens is 1. The van der Waals surface area contributed by atoms with E-state index < -0.39 is 17.8 Å². The molecule has 166 valence electrons. The van der Waals surface area contributed by atoms with Crippen LogP contribution in [0, 0.1) is 12.7 Å². The van der Waals surface area contributed by atoms with Crippen molar-refractivity contribution in [2.75, 3.05) is 11.1 Å². The van der Waals surface area contributed by atoms with Gasteiger partial charge >= 0.3 is 0 Å². The number of hydrogen-bond acceptors (Lipinski definition) is 5. The van der Waals surface area contributed by atoms with E-state index in [2.05, 4.69) is 27.4 Å². The number of carbonyl (C=O) groups is 2. The largest absolute Gasteiger partial charge is 0.342 e. The van der Waals surface area contributed by atoms with Crippen LogP contribution in [0.2, 0.25) is 0 Å². The van der Waals surface area contributed by atoms with Crippen LogP contribution in [-0.2, 0) is 11.3 Å². The van der Waals surface area contributed by atoms with Gasteiger partial charge in [-0.05, 0) is 37.6 Å². The molecule has 0 radical (unpaired) electrons. The summed E-state index contributed by atoms with van der Waals surface area (Å²) in [7, 11) is 0. The summed E-state index contributed by atoms with van der Waals surface area (Å²) in [6, 6.07) is 12.8. The Bertz CT molecular complexity index is 1130. The lowest BCUT2D eigenvalue weighted by Gasteiger charge is -2.15. The maximum Gasteiger partial charge on any atom is 0.254 e. The molecule has 0 spiro atoms. The summed E-state index contributed by atoms with van der Waals surface area (Å²) < 4.78 is 15.7. The normalized spacial score (nSPS) is 11.6. The molecule has 0 unspecified atom stereocenters. The predicted octanol–water partition coefficient (Wildman–Crippen LogP) is 4.13. The van der Waals surface area contributed by atoms with Crippen molar-refractivity contribution in [3.8, 4) is 0 Å². The van der Waals surface area contributed by atoms with Gasteiger partial charge in [-0.15, -0.1) is 16.8 Å². The Kier molecular flexibility index (Phi) is 7.77. The number of aromatic nitrogens is 3. The average molecular weight is 454 g/mol. The van der Waals surface area contributed by atoms with Gasteiger partial charge in [0.15, 0.2) is 11.0 Å². The minimum Gasteiger partial charge on any atom is -0.342 e. The summed E-state index contributed by atoms with van der Waals surface area (Å²) in [6.07, 6.45) is 1.68. The van der Waals surface area contributed by atoms with E-state index in [-0.39, 0.29) is 17.2 Å². The van der Waals surface area contributed by atoms with Gasteiger partial charge in [-0.2, -0.15) is 0 Å². The highest BCUT2D eigenvalue weighted by atomic mass is 32.2. The lowest BCUT2D eigenvalue weighted by Crippen LogP contribution is -2.29. The second-order valence-electron chi connectivity index (χ2n) is 7.07. The molecule has 0 saturated heterocycles. The third kappa shape index (κ3) is 5.61. The summed E-state index contributed by atoms with van der Waals surface area (Å²) in [5, 5.41) is 14.5. The maximum atomic E-state index is 13.9. The van der Waals surface area contributed by atoms with Gasteiger partial charge in [-0.25, -0.2) is 4.39 Å². The molecular weight excluding hydrogens is 429 g/mol. The molecule has 1 atom stereocenters. The van der Waals surface area contributed by atoms with E-state index in [4.69, 9.17) is 0 Å². The number of thioether (sulfide) groups is 1. The number of benzene rings is 2. The molecule has 0 aliphatic rings. The molecule has 2 N–H and O–H groups in total. The van der Waals surface area contributed by atoms with Crippen LogP contribution in [0.1, 0.15) is 34.7 Å². The van der Waals surface area contributed by atoms with Gasteiger partial charge in [0.25, 0.3) is 5.91 Å². The molecule has 0 aliphatic heterocycles. The van der Waals surface area contributed by atoms with Crippen LogP contribution in [0.25, 0.3) is 0 Å². The Morgan fingerprint density at radius 3 is 2.62 bits per heavy atom. The first-order valence-corrected chi connectivity index (χ1v) is 11.0. The smallest absolute Gasteiger partial charge is 0.254 e. The second kappa shape index (κ2) is 10.7. The Hall–Kier alpha value is -3.46. The van der Waals surface area contributed by atoms with Crippen molar-refractivity contribution in [1.29, 1.82) is 0 Å². The zero-order chi connectivity index (χ0) is 23.1. The van der Waals surface area contributed by atoms with Gasteiger partial charge in [0.1, 0.15) is 5.82 Å². The van der Waals surface area contributed by atoms with Gasteiger partial charge in [0.05, 0.1) is 17.4 Å². The van der Waals surface area contributed by atoms with Crippen molar-refractivity contribution in [2.24, 2.45) is 0 Å². The number of rotatable bonds is 9. The van der Waals surface area contributed by atoms with Crippen LogP contribution < -0.4 is 10.6 Å². The van der Waals surface area contributed by atoms with Gasteiger partial charge in [-0.3, -0.25) is 9.59 Å². The SMILES string of the molecule is C=CCn1c(SCC(=O)Nc2ccccc2C)nnc1[C@H](C)NC(=O)c1ccccc1F. The van der Waals surface area contributed by atoms with Crippen LogP contribution in [0.4, 0.5) is 10.1 Å². The van der Waals surface area contributed by atoms with Crippen molar-refractivity contribution in [3.63, 3.8) is 0 Å². The van der Waals surface area contributed by atoms with Crippen LogP contribution in [0.15, 0.2) is 66.3 Å². The number of allylic oxidation sites excluding steroid dienone is 1. The van der Waals surface area contributed by atoms with Gasteiger partial charge < -0.3 is 15.2 Å². The van der Waals surface area contributed by atoms with E-state index in [0.717, 1.165) is 11.3 Å². The van der Waals surface area contributed by atoms with E-state index in [9.17, 15) is 14.0 Å². The zero-order valence-corrected chi connectivity index (χ0v) is 18.7. The summed E-state index contributed by atoms with van der Waals surface area (Å²) in [4.78, 5) is 24.8. The number of anilines is 1. The number of nitrogens with zero attached hydrogens (tertiary/aromatic N) is 3. The lowest BCUT2D eigenvalue weighted by molar-refractivity contribution is -0.113. The summed E-state index contributed by atoms with van der Waals surface area (Å²) in [6.45, 7) is 7.81. The highest BCUT2D eigenvalue weighted by Crippen LogP contribution is 2.22. The molecule has 0 aliphatic carbocycles. The monoisotopic (exact) mass is 453 g/mol. The fraction of sp³-hybridized carbons (Fsp3) is 0.217. The van der Waals surface area contributed by atoms with Crippen molar-refractivity contribution < 1.29 is 14.0 Å². The quantitative estimate of drug-likeness (QED) is 0.376. The third-order valence-corrected chi connectivity index (χ3v) is 5.63. The summed E-state index contributed by atoms with van der Waals surface area (Å²) in [5.74, 6) is -0.688. The van der Waals surface area contributed by atoms with Crippen molar-refractivity contribution in [2.45, 2.75) is 31.6 Å². The molecule has 0 bridgehead atoms. The topological polar surface area (TPSA) is 88.9 Å². The molecule has 32 heavy (non-hydrogen) atoms. The number of para-hydroxylation sites is 1. The standard InChI is InChI=1S/C23H24FN5O2S/c1-4-13-29-21(16(3)25-22(31)17-10-6-7-11-18(17)24)27-28-23(29)32-14-20(30)26-19-12-8-5-9-15(19)2/h4-12,16H,1,13-14H2,2-3H3,(H,25,31)(H,26,30)/t16-/m0/s1. The van der Waals surface area contributed by atoms with Crippen molar-refractivity contribution >= 4 is 29.3 Å². The first kappa shape index (κ1) is 23.2. The molecule has 2 amide bonds. The number of aryl methyl sites for hydroxylation is 1. The number of carbonyl (C=O) groups excluding carboxylic acids is 2. The average Bonchev–Trinajstić information content (AvgIpc) is 3.17. The molecule has 3 rings (SSSR count). The molecule has 3 aromatic rings. The molecule has 7 nitrogen and oxygen atoms in total. The highest BCUT2D eigenvalue weighted by molar-refractivity contribution is 7.99. The molecule has 9 heteroatoms. The lowest BCUT2D eigenvalue weighted by atomic mass is 10.2. The third-order valence-electron chi connectivity index (χ3n) is 4.66. The summed E-state index contributed by atoms with van der Waals surface area (Å²) in [5.41, 5.74) is 1.69. The number of nitrogens with one attached hydrogen (secondary N) is 2. The van der Waals surface area contributed by atoms with E-state index in [1.54, 1.807) is 23.6 Å². The van der Waals surface area contributed by atoms with Crippen molar-refractivity contribution in [3.05, 3.63) is 84.0 Å². The molecule has 1 aromatic heterocycles. The van der Waals surface area contributed by atoms with Gasteiger partial charge in [0.2, 0.25) is 5.91 Å². The maximum absolute atomic E-state index is 13.9. The molecular formula is C23H24FN5O2S. The Morgan fingerprint density at radius 1 is 1.19 bits per heavy atom. The van der Waals surface area contributed by atoms with E-state index in [0.29, 0.717) is 17.5 Å². The second-order valence-corrected chi connectivity index (χ2v) is 8.01. The van der Waals surface area contributed by atoms with E-state index >= 15 is 0 Å². The van der Waals surface area contributed by atoms with Crippen LogP contribution in [-0.4, -0.2) is 32.3 Å². The zero-order valence-electron chi connectivity index (χ0n) is 17.8. The van der Waals surface area contributed by atoms with Crippen LogP contribution >= 0.6 is 11.8 Å². The number of hydrogen-bond donors (Lipinski definition) is 2. The van der Waals surface area contributed by atoms with Crippen LogP contribution in [0.3, 0.4) is 0 Å². The first-order chi connectivity index (χ1) is 15.4.